The van der Waals surface area contributed by atoms with Gasteiger partial charge in [-0.3, -0.25) is 20.1 Å². The molecule has 1 saturated heterocycles. The van der Waals surface area contributed by atoms with Crippen molar-refractivity contribution in [3.63, 3.8) is 0 Å². The van der Waals surface area contributed by atoms with Gasteiger partial charge in [-0.2, -0.15) is 4.68 Å². The second-order valence-electron chi connectivity index (χ2n) is 9.29. The third kappa shape index (κ3) is 4.10. The van der Waals surface area contributed by atoms with Crippen LogP contribution in [0.3, 0.4) is 0 Å². The number of aromatic amines is 2. The smallest absolute Gasteiger partial charge is 0.339 e. The van der Waals surface area contributed by atoms with Crippen LogP contribution in [0.4, 0.5) is 0 Å². The van der Waals surface area contributed by atoms with Crippen LogP contribution >= 0.6 is 0 Å². The third-order valence-electron chi connectivity index (χ3n) is 6.99. The van der Waals surface area contributed by atoms with Crippen LogP contribution in [-0.2, 0) is 6.42 Å². The Kier molecular flexibility index (Phi) is 5.91. The minimum Gasteiger partial charge on any atom is -0.339 e. The maximum Gasteiger partial charge on any atom is 0.349 e. The third-order valence-corrected chi connectivity index (χ3v) is 6.99. The van der Waals surface area contributed by atoms with E-state index in [9.17, 15) is 9.59 Å². The molecule has 0 spiro atoms. The second-order valence-corrected chi connectivity index (χ2v) is 9.29. The summed E-state index contributed by atoms with van der Waals surface area (Å²) in [5.41, 5.74) is 1.09. The number of nitrogens with zero attached hydrogens (tertiary/aromatic N) is 4. The SMILES string of the molecule is CC#CCNC1(C)CCCN(n2c(=O)[nH]c3nc[nH]c3c2=O)C1Cc1nc(C)cc2ccccc12. The van der Waals surface area contributed by atoms with Gasteiger partial charge in [-0.15, -0.1) is 5.92 Å². The van der Waals surface area contributed by atoms with E-state index in [0.29, 0.717) is 19.5 Å². The maximum absolute atomic E-state index is 13.4. The molecule has 9 nitrogen and oxygen atoms in total. The summed E-state index contributed by atoms with van der Waals surface area (Å²) in [5, 5.41) is 7.71. The predicted octanol–water partition coefficient (Wildman–Crippen LogP) is 1.98. The zero-order chi connectivity index (χ0) is 24.6. The molecule has 1 aliphatic rings. The number of H-pyrrole nitrogens is 2. The lowest BCUT2D eigenvalue weighted by molar-refractivity contribution is 0.198. The molecule has 0 amide bonds. The Bertz CT molecular complexity index is 1570. The molecule has 3 N–H and O–H groups in total. The van der Waals surface area contributed by atoms with Gasteiger partial charge >= 0.3 is 11.2 Å². The van der Waals surface area contributed by atoms with Gasteiger partial charge in [-0.1, -0.05) is 30.2 Å². The number of rotatable bonds is 5. The summed E-state index contributed by atoms with van der Waals surface area (Å²) in [6.07, 6.45) is 3.66. The standard InChI is InChI=1S/C26H29N7O2/c1-4-5-12-29-26(3)11-8-13-32(33-24(34)22-23(28-16-27-22)31-25(33)35)21(26)15-20-19-10-7-6-9-18(19)14-17(2)30-20/h6-7,9-10,14,16,21,29H,8,11-13,15H2,1-3H3,(H,27,28)(H,31,35). The summed E-state index contributed by atoms with van der Waals surface area (Å²) in [7, 11) is 0. The van der Waals surface area contributed by atoms with Crippen LogP contribution in [0.2, 0.25) is 0 Å². The molecule has 1 fully saturated rings. The van der Waals surface area contributed by atoms with Gasteiger partial charge in [0.05, 0.1) is 24.6 Å². The van der Waals surface area contributed by atoms with Crippen LogP contribution in [0.5, 0.6) is 0 Å². The molecule has 4 aromatic rings. The van der Waals surface area contributed by atoms with Crippen molar-refractivity contribution in [3.8, 4) is 11.8 Å². The Labute approximate surface area is 202 Å². The van der Waals surface area contributed by atoms with Crippen molar-refractivity contribution >= 4 is 21.9 Å². The molecule has 1 aliphatic heterocycles. The highest BCUT2D eigenvalue weighted by atomic mass is 16.2. The highest BCUT2D eigenvalue weighted by Gasteiger charge is 2.42. The van der Waals surface area contributed by atoms with E-state index in [1.807, 2.05) is 31.0 Å². The summed E-state index contributed by atoms with van der Waals surface area (Å²) in [5.74, 6) is 6.04. The lowest BCUT2D eigenvalue weighted by atomic mass is 9.80. The Morgan fingerprint density at radius 3 is 2.94 bits per heavy atom. The monoisotopic (exact) mass is 471 g/mol. The predicted molar refractivity (Wildman–Crippen MR) is 137 cm³/mol. The number of aromatic nitrogens is 5. The summed E-state index contributed by atoms with van der Waals surface area (Å²) < 4.78 is 1.23. The summed E-state index contributed by atoms with van der Waals surface area (Å²) in [6.45, 7) is 7.03. The molecule has 4 heterocycles. The largest absolute Gasteiger partial charge is 0.349 e. The first-order valence-corrected chi connectivity index (χ1v) is 11.9. The van der Waals surface area contributed by atoms with E-state index >= 15 is 0 Å². The molecule has 35 heavy (non-hydrogen) atoms. The van der Waals surface area contributed by atoms with Crippen LogP contribution in [0, 0.1) is 18.8 Å². The number of pyridine rings is 1. The van der Waals surface area contributed by atoms with Gasteiger partial charge in [0.1, 0.15) is 0 Å². The number of hydrogen-bond donors (Lipinski definition) is 3. The minimum atomic E-state index is -0.501. The molecule has 0 bridgehead atoms. The molecule has 9 heteroatoms. The van der Waals surface area contributed by atoms with Gasteiger partial charge < -0.3 is 9.99 Å². The average molecular weight is 472 g/mol. The van der Waals surface area contributed by atoms with E-state index < -0.39 is 16.8 Å². The Hall–Kier alpha value is -3.90. The molecular weight excluding hydrogens is 442 g/mol. The highest BCUT2D eigenvalue weighted by Crippen LogP contribution is 2.30. The number of aryl methyl sites for hydroxylation is 1. The molecule has 2 unspecified atom stereocenters. The molecule has 0 aliphatic carbocycles. The number of nitrogens with one attached hydrogen (secondary N) is 3. The summed E-state index contributed by atoms with van der Waals surface area (Å²) >= 11 is 0. The Morgan fingerprint density at radius 2 is 2.11 bits per heavy atom. The fourth-order valence-corrected chi connectivity index (χ4v) is 5.26. The van der Waals surface area contributed by atoms with E-state index in [1.54, 1.807) is 0 Å². The first-order valence-electron chi connectivity index (χ1n) is 11.9. The topological polar surface area (TPSA) is 112 Å². The van der Waals surface area contributed by atoms with Crippen LogP contribution in [0.1, 0.15) is 38.1 Å². The molecule has 1 aromatic carbocycles. The fraction of sp³-hybridized carbons (Fsp3) is 0.385. The van der Waals surface area contributed by atoms with Crippen LogP contribution in [-0.4, -0.2) is 49.3 Å². The van der Waals surface area contributed by atoms with Crippen molar-refractivity contribution in [2.24, 2.45) is 0 Å². The van der Waals surface area contributed by atoms with Crippen molar-refractivity contribution in [1.82, 2.24) is 29.9 Å². The van der Waals surface area contributed by atoms with E-state index in [-0.39, 0.29) is 17.2 Å². The molecule has 5 rings (SSSR count). The number of fused-ring (bicyclic) bond motifs is 2. The molecular formula is C26H29N7O2. The van der Waals surface area contributed by atoms with E-state index in [4.69, 9.17) is 4.98 Å². The van der Waals surface area contributed by atoms with Gasteiger partial charge in [0.2, 0.25) is 0 Å². The average Bonchev–Trinajstić information content (AvgIpc) is 3.30. The summed E-state index contributed by atoms with van der Waals surface area (Å²) in [6, 6.07) is 10.0. The van der Waals surface area contributed by atoms with Crippen LogP contribution in [0.25, 0.3) is 21.9 Å². The first kappa shape index (κ1) is 22.9. The molecule has 0 radical (unpaired) electrons. The number of imidazole rings is 1. The molecule has 180 valence electrons. The Balaban J connectivity index is 1.66. The lowest BCUT2D eigenvalue weighted by Crippen LogP contribution is -2.69. The van der Waals surface area contributed by atoms with Crippen LogP contribution < -0.4 is 21.6 Å². The molecule has 3 aromatic heterocycles. The lowest BCUT2D eigenvalue weighted by Gasteiger charge is -2.49. The van der Waals surface area contributed by atoms with Crippen molar-refractivity contribution in [1.29, 1.82) is 0 Å². The highest BCUT2D eigenvalue weighted by molar-refractivity contribution is 5.85. The number of piperidine rings is 1. The van der Waals surface area contributed by atoms with Gasteiger partial charge in [0, 0.05) is 29.6 Å². The zero-order valence-corrected chi connectivity index (χ0v) is 20.2. The van der Waals surface area contributed by atoms with Crippen molar-refractivity contribution in [3.05, 3.63) is 68.9 Å². The molecule has 0 saturated carbocycles. The zero-order valence-electron chi connectivity index (χ0n) is 20.2. The van der Waals surface area contributed by atoms with E-state index in [0.717, 1.165) is 35.0 Å². The molecule has 2 atom stereocenters. The fourth-order valence-electron chi connectivity index (χ4n) is 5.26. The van der Waals surface area contributed by atoms with Gasteiger partial charge in [0.15, 0.2) is 11.2 Å². The van der Waals surface area contributed by atoms with Gasteiger partial charge in [0.25, 0.3) is 0 Å². The van der Waals surface area contributed by atoms with Crippen molar-refractivity contribution < 1.29 is 0 Å². The Morgan fingerprint density at radius 1 is 1.29 bits per heavy atom. The van der Waals surface area contributed by atoms with Crippen molar-refractivity contribution in [2.75, 3.05) is 18.1 Å². The minimum absolute atomic E-state index is 0.230. The van der Waals surface area contributed by atoms with Crippen LogP contribution in [0.15, 0.2) is 46.2 Å². The number of hydrogen-bond acceptors (Lipinski definition) is 6. The van der Waals surface area contributed by atoms with E-state index in [1.165, 1.54) is 11.0 Å². The maximum atomic E-state index is 13.4. The van der Waals surface area contributed by atoms with E-state index in [2.05, 4.69) is 57.2 Å². The normalized spacial score (nSPS) is 20.2. The number of benzene rings is 1. The summed E-state index contributed by atoms with van der Waals surface area (Å²) in [4.78, 5) is 41.1. The quantitative estimate of drug-likeness (QED) is 0.384. The van der Waals surface area contributed by atoms with Crippen molar-refractivity contribution in [2.45, 2.75) is 51.6 Å². The van der Waals surface area contributed by atoms with Gasteiger partial charge in [-0.25, -0.2) is 9.78 Å². The first-order chi connectivity index (χ1) is 16.9. The second kappa shape index (κ2) is 9.04. The van der Waals surface area contributed by atoms with Gasteiger partial charge in [-0.05, 0) is 45.1 Å².